The number of carbonyl (C=O) groups is 1. The molecule has 164 valence electrons. The lowest BCUT2D eigenvalue weighted by Crippen LogP contribution is -2.53. The van der Waals surface area contributed by atoms with Crippen LogP contribution < -0.4 is 5.32 Å². The summed E-state index contributed by atoms with van der Waals surface area (Å²) in [7, 11) is -3.68. The van der Waals surface area contributed by atoms with Crippen molar-refractivity contribution in [3.63, 3.8) is 0 Å². The summed E-state index contributed by atoms with van der Waals surface area (Å²) in [6.45, 7) is 3.42. The zero-order valence-corrected chi connectivity index (χ0v) is 19.6. The maximum atomic E-state index is 13.1. The molecule has 0 aliphatic carbocycles. The second-order valence-corrected chi connectivity index (χ2v) is 11.2. The van der Waals surface area contributed by atoms with Crippen LogP contribution in [0.1, 0.15) is 12.8 Å². The first-order valence-electron chi connectivity index (χ1n) is 9.78. The molecule has 1 amide bonds. The van der Waals surface area contributed by atoms with E-state index in [4.69, 9.17) is 11.6 Å². The molecule has 2 aliphatic rings. The number of benzene rings is 1. The third kappa shape index (κ3) is 5.18. The molecule has 0 bridgehead atoms. The van der Waals surface area contributed by atoms with Gasteiger partial charge in [0.15, 0.2) is 0 Å². The van der Waals surface area contributed by atoms with Gasteiger partial charge in [-0.1, -0.05) is 23.7 Å². The van der Waals surface area contributed by atoms with Gasteiger partial charge >= 0.3 is 0 Å². The Morgan fingerprint density at radius 1 is 1.07 bits per heavy atom. The normalized spacial score (nSPS) is 19.0. The molecule has 2 aliphatic heterocycles. The largest absolute Gasteiger partial charge is 0.340 e. The van der Waals surface area contributed by atoms with Crippen LogP contribution in [0, 0.1) is 5.92 Å². The summed E-state index contributed by atoms with van der Waals surface area (Å²) < 4.78 is 27.7. The molecule has 2 fully saturated rings. The number of carbonyl (C=O) groups excluding carboxylic acids is 1. The Bertz CT molecular complexity index is 973. The number of amides is 1. The Morgan fingerprint density at radius 2 is 1.77 bits per heavy atom. The van der Waals surface area contributed by atoms with Crippen LogP contribution in [-0.4, -0.2) is 62.8 Å². The summed E-state index contributed by atoms with van der Waals surface area (Å²) in [5, 5.41) is 3.97. The quantitative estimate of drug-likeness (QED) is 0.698. The van der Waals surface area contributed by atoms with Crippen LogP contribution in [0.2, 0.25) is 5.02 Å². The van der Waals surface area contributed by atoms with Crippen molar-refractivity contribution in [2.45, 2.75) is 17.1 Å². The monoisotopic (exact) mass is 489 g/mol. The van der Waals surface area contributed by atoms with Gasteiger partial charge in [-0.3, -0.25) is 4.79 Å². The number of hydrogen-bond donors (Lipinski definition) is 1. The van der Waals surface area contributed by atoms with E-state index in [-0.39, 0.29) is 29.1 Å². The SMILES string of the molecule is Cl.O=C1CN(S(=O)(=O)c2ccc(-c3ccc(Cl)cc3)s2)CCN1CC1CCNCC1. The lowest BCUT2D eigenvalue weighted by Gasteiger charge is -2.36. The highest BCUT2D eigenvalue weighted by molar-refractivity contribution is 7.91. The Labute approximate surface area is 192 Å². The van der Waals surface area contributed by atoms with Crippen LogP contribution in [0.5, 0.6) is 0 Å². The van der Waals surface area contributed by atoms with E-state index < -0.39 is 10.0 Å². The fourth-order valence-corrected chi connectivity index (χ4v) is 6.79. The third-order valence-electron chi connectivity index (χ3n) is 5.53. The van der Waals surface area contributed by atoms with E-state index >= 15 is 0 Å². The summed E-state index contributed by atoms with van der Waals surface area (Å²) in [6.07, 6.45) is 2.13. The van der Waals surface area contributed by atoms with Crippen molar-refractivity contribution in [3.05, 3.63) is 41.4 Å². The van der Waals surface area contributed by atoms with Crippen LogP contribution in [-0.2, 0) is 14.8 Å². The number of hydrogen-bond acceptors (Lipinski definition) is 5. The van der Waals surface area contributed by atoms with Crippen molar-refractivity contribution in [2.24, 2.45) is 5.92 Å². The molecular formula is C20H25Cl2N3O3S2. The van der Waals surface area contributed by atoms with Crippen LogP contribution in [0.4, 0.5) is 0 Å². The highest BCUT2D eigenvalue weighted by Crippen LogP contribution is 2.33. The minimum atomic E-state index is -3.68. The molecule has 0 saturated carbocycles. The van der Waals surface area contributed by atoms with Gasteiger partial charge in [0.2, 0.25) is 5.91 Å². The number of halogens is 2. The molecule has 0 atom stereocenters. The second-order valence-electron chi connectivity index (χ2n) is 7.50. The topological polar surface area (TPSA) is 69.7 Å². The van der Waals surface area contributed by atoms with E-state index in [0.717, 1.165) is 42.9 Å². The zero-order valence-electron chi connectivity index (χ0n) is 16.4. The number of nitrogens with one attached hydrogen (secondary N) is 1. The fraction of sp³-hybridized carbons (Fsp3) is 0.450. The standard InChI is InChI=1S/C20H24ClN3O3S2.ClH/c21-17-3-1-16(2-4-17)18-5-6-20(28-18)29(26,27)24-12-11-23(19(25)14-24)13-15-7-9-22-10-8-15;/h1-6,15,22H,7-14H2;1H. The van der Waals surface area contributed by atoms with Gasteiger partial charge in [-0.25, -0.2) is 8.42 Å². The van der Waals surface area contributed by atoms with Crippen LogP contribution in [0.15, 0.2) is 40.6 Å². The van der Waals surface area contributed by atoms with Gasteiger partial charge in [-0.2, -0.15) is 4.31 Å². The first-order valence-corrected chi connectivity index (χ1v) is 12.4. The number of thiophene rings is 1. The molecule has 30 heavy (non-hydrogen) atoms. The average Bonchev–Trinajstić information content (AvgIpc) is 3.22. The van der Waals surface area contributed by atoms with Gasteiger partial charge < -0.3 is 10.2 Å². The van der Waals surface area contributed by atoms with Crippen molar-refractivity contribution in [1.29, 1.82) is 0 Å². The minimum Gasteiger partial charge on any atom is -0.340 e. The van der Waals surface area contributed by atoms with Crippen molar-refractivity contribution >= 4 is 51.3 Å². The molecule has 1 aromatic heterocycles. The lowest BCUT2D eigenvalue weighted by molar-refractivity contribution is -0.134. The van der Waals surface area contributed by atoms with E-state index in [1.807, 2.05) is 17.0 Å². The lowest BCUT2D eigenvalue weighted by atomic mass is 9.97. The van der Waals surface area contributed by atoms with E-state index in [0.29, 0.717) is 24.0 Å². The molecule has 6 nitrogen and oxygen atoms in total. The maximum absolute atomic E-state index is 13.1. The van der Waals surface area contributed by atoms with Gasteiger partial charge in [0.1, 0.15) is 4.21 Å². The van der Waals surface area contributed by atoms with Crippen LogP contribution >= 0.6 is 35.3 Å². The molecular weight excluding hydrogens is 465 g/mol. The number of piperazine rings is 1. The van der Waals surface area contributed by atoms with Crippen molar-refractivity contribution in [2.75, 3.05) is 39.3 Å². The smallest absolute Gasteiger partial charge is 0.253 e. The highest BCUT2D eigenvalue weighted by Gasteiger charge is 2.34. The molecule has 2 saturated heterocycles. The molecule has 0 unspecified atom stereocenters. The van der Waals surface area contributed by atoms with Crippen molar-refractivity contribution in [3.8, 4) is 10.4 Å². The van der Waals surface area contributed by atoms with Crippen LogP contribution in [0.3, 0.4) is 0 Å². The number of piperidine rings is 1. The second kappa shape index (κ2) is 9.97. The molecule has 3 heterocycles. The predicted molar refractivity (Wildman–Crippen MR) is 123 cm³/mol. The Balaban J connectivity index is 0.00000256. The predicted octanol–water partition coefficient (Wildman–Crippen LogP) is 3.32. The molecule has 2 aromatic rings. The average molecular weight is 490 g/mol. The molecule has 0 radical (unpaired) electrons. The summed E-state index contributed by atoms with van der Waals surface area (Å²) >= 11 is 7.15. The first kappa shape index (κ1) is 23.5. The summed E-state index contributed by atoms with van der Waals surface area (Å²) in [5.74, 6) is 0.399. The Hall–Kier alpha value is -1.16. The van der Waals surface area contributed by atoms with Gasteiger partial charge in [-0.15, -0.1) is 23.7 Å². The maximum Gasteiger partial charge on any atom is 0.253 e. The molecule has 1 aromatic carbocycles. The minimum absolute atomic E-state index is 0. The fourth-order valence-electron chi connectivity index (χ4n) is 3.82. The highest BCUT2D eigenvalue weighted by atomic mass is 35.5. The number of sulfonamides is 1. The van der Waals surface area contributed by atoms with Crippen molar-refractivity contribution in [1.82, 2.24) is 14.5 Å². The van der Waals surface area contributed by atoms with Gasteiger partial charge in [0, 0.05) is 29.5 Å². The van der Waals surface area contributed by atoms with Gasteiger partial charge in [0.05, 0.1) is 6.54 Å². The Kier molecular flexibility index (Phi) is 7.81. The Morgan fingerprint density at radius 3 is 2.43 bits per heavy atom. The molecule has 0 spiro atoms. The van der Waals surface area contributed by atoms with E-state index in [2.05, 4.69) is 5.32 Å². The van der Waals surface area contributed by atoms with Gasteiger partial charge in [-0.05, 0) is 61.7 Å². The van der Waals surface area contributed by atoms with E-state index in [1.54, 1.807) is 24.3 Å². The number of rotatable bonds is 5. The molecule has 4 rings (SSSR count). The van der Waals surface area contributed by atoms with Gasteiger partial charge in [0.25, 0.3) is 10.0 Å². The van der Waals surface area contributed by atoms with E-state index in [9.17, 15) is 13.2 Å². The number of nitrogens with zero attached hydrogens (tertiary/aromatic N) is 2. The summed E-state index contributed by atoms with van der Waals surface area (Å²) in [4.78, 5) is 15.3. The molecule has 10 heteroatoms. The zero-order chi connectivity index (χ0) is 20.4. The molecule has 1 N–H and O–H groups in total. The third-order valence-corrected chi connectivity index (χ3v) is 9.22. The first-order chi connectivity index (χ1) is 13.9. The van der Waals surface area contributed by atoms with Crippen molar-refractivity contribution < 1.29 is 13.2 Å². The summed E-state index contributed by atoms with van der Waals surface area (Å²) in [5.41, 5.74) is 0.920. The summed E-state index contributed by atoms with van der Waals surface area (Å²) in [6, 6.07) is 10.7. The van der Waals surface area contributed by atoms with E-state index in [1.165, 1.54) is 15.6 Å². The van der Waals surface area contributed by atoms with Crippen LogP contribution in [0.25, 0.3) is 10.4 Å².